The molecule has 0 fully saturated rings. The van der Waals surface area contributed by atoms with Gasteiger partial charge in [-0.1, -0.05) is 11.3 Å². The third-order valence-corrected chi connectivity index (χ3v) is 3.39. The molecule has 2 aromatic heterocycles. The summed E-state index contributed by atoms with van der Waals surface area (Å²) in [6.45, 7) is 2.39. The summed E-state index contributed by atoms with van der Waals surface area (Å²) in [6.07, 6.45) is 1.53. The molecule has 1 N–H and O–H groups in total. The summed E-state index contributed by atoms with van der Waals surface area (Å²) < 4.78 is 11.4. The lowest BCUT2D eigenvalue weighted by Gasteiger charge is -2.07. The Labute approximate surface area is 130 Å². The van der Waals surface area contributed by atoms with Crippen molar-refractivity contribution in [2.24, 2.45) is 0 Å². The highest BCUT2D eigenvalue weighted by molar-refractivity contribution is 7.15. The number of amides is 1. The molecule has 0 atom stereocenters. The molecule has 0 aliphatic carbocycles. The molecule has 0 radical (unpaired) electrons. The fourth-order valence-electron chi connectivity index (χ4n) is 1.70. The Morgan fingerprint density at radius 2 is 2.27 bits per heavy atom. The first kappa shape index (κ1) is 16.1. The van der Waals surface area contributed by atoms with Crippen LogP contribution in [0, 0.1) is 0 Å². The lowest BCUT2D eigenvalue weighted by Crippen LogP contribution is -2.27. The molecule has 22 heavy (non-hydrogen) atoms. The maximum atomic E-state index is 12.1. The number of pyridine rings is 1. The van der Waals surface area contributed by atoms with E-state index in [9.17, 15) is 9.59 Å². The molecular formula is C13H16N4O4S. The smallest absolute Gasteiger partial charge is 0.293 e. The highest BCUT2D eigenvalue weighted by Crippen LogP contribution is 2.15. The molecular weight excluding hydrogens is 308 g/mol. The van der Waals surface area contributed by atoms with Crippen LogP contribution in [0.4, 0.5) is 5.13 Å². The fourth-order valence-corrected chi connectivity index (χ4v) is 2.43. The van der Waals surface area contributed by atoms with E-state index < -0.39 is 0 Å². The van der Waals surface area contributed by atoms with Crippen LogP contribution < -0.4 is 15.6 Å². The number of hydrogen-bond acceptors (Lipinski definition) is 7. The molecule has 0 spiro atoms. The zero-order chi connectivity index (χ0) is 15.9. The normalized spacial score (nSPS) is 10.5. The molecule has 0 aromatic carbocycles. The monoisotopic (exact) mass is 324 g/mol. The summed E-state index contributed by atoms with van der Waals surface area (Å²) in [5, 5.41) is 11.3. The van der Waals surface area contributed by atoms with E-state index in [1.807, 2.05) is 0 Å². The lowest BCUT2D eigenvalue weighted by atomic mass is 10.4. The van der Waals surface area contributed by atoms with Crippen LogP contribution in [0.5, 0.6) is 5.75 Å². The van der Waals surface area contributed by atoms with Gasteiger partial charge in [-0.3, -0.25) is 14.9 Å². The van der Waals surface area contributed by atoms with Crippen LogP contribution in [0.15, 0.2) is 23.1 Å². The minimum absolute atomic E-state index is 0.126. The first-order valence-corrected chi connectivity index (χ1v) is 7.39. The van der Waals surface area contributed by atoms with Crippen molar-refractivity contribution in [3.05, 3.63) is 33.7 Å². The van der Waals surface area contributed by atoms with Crippen LogP contribution in [0.2, 0.25) is 0 Å². The average molecular weight is 324 g/mol. The Morgan fingerprint density at radius 3 is 3.00 bits per heavy atom. The van der Waals surface area contributed by atoms with Gasteiger partial charge >= 0.3 is 0 Å². The van der Waals surface area contributed by atoms with Gasteiger partial charge in [0.25, 0.3) is 5.56 Å². The van der Waals surface area contributed by atoms with Crippen LogP contribution in [0.25, 0.3) is 0 Å². The van der Waals surface area contributed by atoms with Gasteiger partial charge in [-0.15, -0.1) is 10.2 Å². The topological polar surface area (TPSA) is 95.3 Å². The molecule has 0 saturated carbocycles. The number of ether oxygens (including phenoxy) is 2. The Hall–Kier alpha value is -2.26. The van der Waals surface area contributed by atoms with E-state index in [1.54, 1.807) is 26.2 Å². The van der Waals surface area contributed by atoms with Crippen molar-refractivity contribution in [3.63, 3.8) is 0 Å². The molecule has 2 aromatic rings. The van der Waals surface area contributed by atoms with Gasteiger partial charge in [-0.05, 0) is 19.1 Å². The number of nitrogens with one attached hydrogen (secondary N) is 1. The van der Waals surface area contributed by atoms with E-state index in [0.717, 1.165) is 0 Å². The number of aromatic nitrogens is 3. The van der Waals surface area contributed by atoms with Crippen molar-refractivity contribution in [3.8, 4) is 5.75 Å². The second kappa shape index (κ2) is 7.66. The number of nitrogens with zero attached hydrogens (tertiary/aromatic N) is 3. The molecule has 118 valence electrons. The van der Waals surface area contributed by atoms with Crippen molar-refractivity contribution in [1.29, 1.82) is 0 Å². The maximum Gasteiger partial charge on any atom is 0.293 e. The van der Waals surface area contributed by atoms with Crippen molar-refractivity contribution < 1.29 is 14.3 Å². The molecule has 2 rings (SSSR count). The second-order valence-corrected chi connectivity index (χ2v) is 5.28. The minimum atomic E-state index is -0.365. The quantitative estimate of drug-likeness (QED) is 0.812. The molecule has 0 aliphatic heterocycles. The maximum absolute atomic E-state index is 12.1. The molecule has 1 amide bonds. The molecule has 0 aliphatic rings. The first-order valence-electron chi connectivity index (χ1n) is 6.57. The number of anilines is 1. The van der Waals surface area contributed by atoms with Gasteiger partial charge < -0.3 is 14.0 Å². The predicted molar refractivity (Wildman–Crippen MR) is 81.1 cm³/mol. The SMILES string of the molecule is CCOc1cccn(CC(=O)Nc2nnc(COC)s2)c1=O. The predicted octanol–water partition coefficient (Wildman–Crippen LogP) is 0.884. The Bertz CT molecular complexity index is 697. The third kappa shape index (κ3) is 4.12. The number of carbonyl (C=O) groups excluding carboxylic acids is 1. The van der Waals surface area contributed by atoms with Gasteiger partial charge in [0.2, 0.25) is 11.0 Å². The van der Waals surface area contributed by atoms with Crippen molar-refractivity contribution >= 4 is 22.4 Å². The van der Waals surface area contributed by atoms with E-state index in [-0.39, 0.29) is 23.8 Å². The zero-order valence-electron chi connectivity index (χ0n) is 12.2. The Balaban J connectivity index is 2.02. The number of carbonyl (C=O) groups is 1. The minimum Gasteiger partial charge on any atom is -0.488 e. The fraction of sp³-hybridized carbons (Fsp3) is 0.385. The molecule has 0 unspecified atom stereocenters. The Kier molecular flexibility index (Phi) is 5.61. The average Bonchev–Trinajstić information content (AvgIpc) is 2.91. The summed E-state index contributed by atoms with van der Waals surface area (Å²) >= 11 is 1.22. The second-order valence-electron chi connectivity index (χ2n) is 4.22. The molecule has 9 heteroatoms. The van der Waals surface area contributed by atoms with Gasteiger partial charge in [0.05, 0.1) is 6.61 Å². The van der Waals surface area contributed by atoms with E-state index in [0.29, 0.717) is 23.4 Å². The highest BCUT2D eigenvalue weighted by atomic mass is 32.1. The zero-order valence-corrected chi connectivity index (χ0v) is 13.1. The van der Waals surface area contributed by atoms with Gasteiger partial charge in [0, 0.05) is 13.3 Å². The lowest BCUT2D eigenvalue weighted by molar-refractivity contribution is -0.116. The molecule has 0 bridgehead atoms. The van der Waals surface area contributed by atoms with Gasteiger partial charge in [0.1, 0.15) is 18.2 Å². The number of hydrogen-bond donors (Lipinski definition) is 1. The van der Waals surface area contributed by atoms with Crippen LogP contribution in [-0.4, -0.2) is 34.4 Å². The first-order chi connectivity index (χ1) is 10.6. The van der Waals surface area contributed by atoms with Crippen molar-refractivity contribution in [2.45, 2.75) is 20.1 Å². The van der Waals surface area contributed by atoms with Gasteiger partial charge in [0.15, 0.2) is 5.75 Å². The number of rotatable bonds is 7. The van der Waals surface area contributed by atoms with E-state index >= 15 is 0 Å². The summed E-state index contributed by atoms with van der Waals surface area (Å²) in [4.78, 5) is 24.0. The van der Waals surface area contributed by atoms with Crippen LogP contribution in [-0.2, 0) is 22.7 Å². The van der Waals surface area contributed by atoms with Crippen LogP contribution in [0.3, 0.4) is 0 Å². The van der Waals surface area contributed by atoms with Gasteiger partial charge in [-0.25, -0.2) is 0 Å². The largest absolute Gasteiger partial charge is 0.488 e. The molecule has 0 saturated heterocycles. The summed E-state index contributed by atoms with van der Waals surface area (Å²) in [5.74, 6) is -0.146. The summed E-state index contributed by atoms with van der Waals surface area (Å²) in [5.41, 5.74) is -0.350. The van der Waals surface area contributed by atoms with Crippen molar-refractivity contribution in [2.75, 3.05) is 19.0 Å². The van der Waals surface area contributed by atoms with E-state index in [2.05, 4.69) is 15.5 Å². The standard InChI is InChI=1S/C13H16N4O4S/c1-3-21-9-5-4-6-17(12(9)19)7-10(18)14-13-16-15-11(22-13)8-20-2/h4-6H,3,7-8H2,1-2H3,(H,14,16,18). The highest BCUT2D eigenvalue weighted by Gasteiger charge is 2.11. The van der Waals surface area contributed by atoms with E-state index in [4.69, 9.17) is 9.47 Å². The van der Waals surface area contributed by atoms with Gasteiger partial charge in [-0.2, -0.15) is 0 Å². The van der Waals surface area contributed by atoms with Crippen LogP contribution in [0.1, 0.15) is 11.9 Å². The van der Waals surface area contributed by atoms with Crippen molar-refractivity contribution in [1.82, 2.24) is 14.8 Å². The summed E-state index contributed by atoms with van der Waals surface area (Å²) in [7, 11) is 1.55. The Morgan fingerprint density at radius 1 is 1.45 bits per heavy atom. The van der Waals surface area contributed by atoms with E-state index in [1.165, 1.54) is 22.1 Å². The number of methoxy groups -OCH3 is 1. The molecule has 8 nitrogen and oxygen atoms in total. The summed E-state index contributed by atoms with van der Waals surface area (Å²) in [6, 6.07) is 3.23. The third-order valence-electron chi connectivity index (χ3n) is 2.58. The van der Waals surface area contributed by atoms with Crippen LogP contribution >= 0.6 is 11.3 Å². The molecule has 2 heterocycles.